The first kappa shape index (κ1) is 9.97. The number of fused-ring (bicyclic) bond motifs is 1. The molecule has 0 saturated carbocycles. The molecule has 15 heavy (non-hydrogen) atoms. The first-order valence-electron chi connectivity index (χ1n) is 5.35. The van der Waals surface area contributed by atoms with Crippen LogP contribution in [0.15, 0.2) is 23.1 Å². The number of rotatable bonds is 4. The number of hydrogen-bond acceptors (Lipinski definition) is 2. The molecule has 1 aromatic heterocycles. The number of oxazole rings is 1. The normalized spacial score (nSPS) is 14.3. The second kappa shape index (κ2) is 4.30. The van der Waals surface area contributed by atoms with Crippen LogP contribution in [0.3, 0.4) is 0 Å². The number of allylic oxidation sites excluding steroid dienone is 3. The molecule has 0 fully saturated rings. The number of hydrogen-bond donors (Lipinski definition) is 0. The summed E-state index contributed by atoms with van der Waals surface area (Å²) < 4.78 is 5.64. The maximum atomic E-state index is 5.64. The van der Waals surface area contributed by atoms with Crippen molar-refractivity contribution in [3.63, 3.8) is 0 Å². The molecule has 1 heterocycles. The fourth-order valence-electron chi connectivity index (χ4n) is 1.60. The molecular weight excluding hydrogens is 186 g/mol. The van der Waals surface area contributed by atoms with Gasteiger partial charge in [-0.1, -0.05) is 38.2 Å². The molecule has 0 amide bonds. The van der Waals surface area contributed by atoms with Crippen molar-refractivity contribution in [2.45, 2.75) is 26.2 Å². The van der Waals surface area contributed by atoms with Gasteiger partial charge in [0.15, 0.2) is 5.42 Å². The minimum Gasteiger partial charge on any atom is -0.436 e. The van der Waals surface area contributed by atoms with E-state index in [9.17, 15) is 0 Å². The fourth-order valence-corrected chi connectivity index (χ4v) is 1.60. The molecule has 0 aromatic carbocycles. The van der Waals surface area contributed by atoms with E-state index in [1.54, 1.807) is 6.08 Å². The van der Waals surface area contributed by atoms with Crippen LogP contribution in [0.25, 0.3) is 17.7 Å². The molecule has 2 heteroatoms. The van der Waals surface area contributed by atoms with Gasteiger partial charge in [-0.05, 0) is 18.9 Å². The van der Waals surface area contributed by atoms with Crippen LogP contribution in [0.5, 0.6) is 0 Å². The first-order valence-corrected chi connectivity index (χ1v) is 5.35. The van der Waals surface area contributed by atoms with Crippen LogP contribution >= 0.6 is 0 Å². The van der Waals surface area contributed by atoms with Gasteiger partial charge in [0.2, 0.25) is 5.89 Å². The Labute approximate surface area is 89.3 Å². The Morgan fingerprint density at radius 2 is 2.47 bits per heavy atom. The largest absolute Gasteiger partial charge is 0.436 e. The van der Waals surface area contributed by atoms with E-state index < -0.39 is 0 Å². The van der Waals surface area contributed by atoms with Crippen molar-refractivity contribution in [3.05, 3.63) is 35.4 Å². The molecule has 1 aromatic rings. The van der Waals surface area contributed by atoms with Gasteiger partial charge in [-0.2, -0.15) is 0 Å². The average molecular weight is 201 g/mol. The molecule has 78 valence electrons. The summed E-state index contributed by atoms with van der Waals surface area (Å²) in [4.78, 5) is 4.42. The molecular formula is C13H15NO. The highest BCUT2D eigenvalue weighted by atomic mass is 16.3. The topological polar surface area (TPSA) is 26.0 Å². The highest BCUT2D eigenvalue weighted by molar-refractivity contribution is 5.67. The smallest absolute Gasteiger partial charge is 0.226 e. The Bertz CT molecular complexity index is 474. The summed E-state index contributed by atoms with van der Waals surface area (Å²) in [6.45, 7) is 5.93. The Balaban J connectivity index is 2.37. The molecule has 0 radical (unpaired) electrons. The zero-order valence-corrected chi connectivity index (χ0v) is 8.99. The van der Waals surface area contributed by atoms with Crippen molar-refractivity contribution in [2.75, 3.05) is 0 Å². The Kier molecular flexibility index (Phi) is 2.86. The van der Waals surface area contributed by atoms with Crippen LogP contribution < -0.4 is 10.8 Å². The van der Waals surface area contributed by atoms with Crippen molar-refractivity contribution in [2.24, 2.45) is 0 Å². The third kappa shape index (κ3) is 1.94. The lowest BCUT2D eigenvalue weighted by Crippen LogP contribution is -2.17. The van der Waals surface area contributed by atoms with Gasteiger partial charge in [0, 0.05) is 5.57 Å². The number of unbranched alkanes of at least 4 members (excludes halogenated alkanes) is 1. The summed E-state index contributed by atoms with van der Waals surface area (Å²) in [5.41, 5.74) is 1.89. The summed E-state index contributed by atoms with van der Waals surface area (Å²) in [5.74, 6) is 0.690. The van der Waals surface area contributed by atoms with Gasteiger partial charge < -0.3 is 4.42 Å². The van der Waals surface area contributed by atoms with Crippen molar-refractivity contribution >= 4 is 17.7 Å². The van der Waals surface area contributed by atoms with Gasteiger partial charge in [-0.15, -0.1) is 0 Å². The first-order chi connectivity index (χ1) is 7.35. The van der Waals surface area contributed by atoms with E-state index in [1.807, 2.05) is 6.08 Å². The highest BCUT2D eigenvalue weighted by Gasteiger charge is 2.07. The predicted octanol–water partition coefficient (Wildman–Crippen LogP) is 2.01. The molecule has 0 unspecified atom stereocenters. The summed E-state index contributed by atoms with van der Waals surface area (Å²) in [6, 6.07) is 0. The molecule has 1 aliphatic rings. The lowest BCUT2D eigenvalue weighted by Gasteiger charge is -1.94. The SMILES string of the molecule is C=C/C(=C\CCC)c1nc2c(o1)=CCC=2. The van der Waals surface area contributed by atoms with Crippen LogP contribution in [-0.4, -0.2) is 4.98 Å². The Hall–Kier alpha value is -1.57. The summed E-state index contributed by atoms with van der Waals surface area (Å²) in [5, 5.41) is 0.967. The van der Waals surface area contributed by atoms with Gasteiger partial charge in [0.1, 0.15) is 5.35 Å². The van der Waals surface area contributed by atoms with Crippen LogP contribution in [0.4, 0.5) is 0 Å². The van der Waals surface area contributed by atoms with E-state index in [0.29, 0.717) is 5.89 Å². The molecule has 2 nitrogen and oxygen atoms in total. The van der Waals surface area contributed by atoms with Gasteiger partial charge in [-0.3, -0.25) is 0 Å². The Morgan fingerprint density at radius 3 is 3.13 bits per heavy atom. The van der Waals surface area contributed by atoms with Gasteiger partial charge in [0.25, 0.3) is 0 Å². The van der Waals surface area contributed by atoms with Crippen molar-refractivity contribution in [3.8, 4) is 0 Å². The molecule has 2 rings (SSSR count). The van der Waals surface area contributed by atoms with E-state index in [1.165, 1.54) is 0 Å². The second-order valence-electron chi connectivity index (χ2n) is 3.56. The van der Waals surface area contributed by atoms with Gasteiger partial charge in [-0.25, -0.2) is 4.98 Å². The molecule has 0 spiro atoms. The minimum absolute atomic E-state index is 0.690. The van der Waals surface area contributed by atoms with Crippen molar-refractivity contribution in [1.29, 1.82) is 0 Å². The monoisotopic (exact) mass is 201 g/mol. The molecule has 1 aliphatic carbocycles. The standard InChI is InChI=1S/C13H15NO/c1-3-5-7-10(4-2)13-14-11-8-6-9-12(11)15-13/h4,7-9H,2-3,5-6H2,1H3/b10-7+. The molecule has 0 aliphatic heterocycles. The van der Waals surface area contributed by atoms with Crippen molar-refractivity contribution < 1.29 is 4.42 Å². The lowest BCUT2D eigenvalue weighted by atomic mass is 10.2. The van der Waals surface area contributed by atoms with Crippen LogP contribution in [0.1, 0.15) is 32.1 Å². The quantitative estimate of drug-likeness (QED) is 0.696. The zero-order chi connectivity index (χ0) is 10.7. The van der Waals surface area contributed by atoms with E-state index >= 15 is 0 Å². The van der Waals surface area contributed by atoms with Crippen LogP contribution in [-0.2, 0) is 0 Å². The second-order valence-corrected chi connectivity index (χ2v) is 3.56. The summed E-state index contributed by atoms with van der Waals surface area (Å²) in [7, 11) is 0. The third-order valence-corrected chi connectivity index (χ3v) is 2.42. The van der Waals surface area contributed by atoms with E-state index in [0.717, 1.165) is 35.6 Å². The fraction of sp³-hybridized carbons (Fsp3) is 0.308. The molecule has 0 saturated heterocycles. The maximum Gasteiger partial charge on any atom is 0.226 e. The van der Waals surface area contributed by atoms with E-state index in [2.05, 4.69) is 30.6 Å². The average Bonchev–Trinajstić information content (AvgIpc) is 2.79. The molecule has 0 atom stereocenters. The maximum absolute atomic E-state index is 5.64. The summed E-state index contributed by atoms with van der Waals surface area (Å²) >= 11 is 0. The number of aromatic nitrogens is 1. The number of nitrogens with zero attached hydrogens (tertiary/aromatic N) is 1. The minimum atomic E-state index is 0.690. The van der Waals surface area contributed by atoms with Gasteiger partial charge in [0.05, 0.1) is 0 Å². The predicted molar refractivity (Wildman–Crippen MR) is 62.4 cm³/mol. The van der Waals surface area contributed by atoms with Crippen molar-refractivity contribution in [1.82, 2.24) is 4.98 Å². The zero-order valence-electron chi connectivity index (χ0n) is 8.99. The highest BCUT2D eigenvalue weighted by Crippen LogP contribution is 2.12. The van der Waals surface area contributed by atoms with E-state index in [-0.39, 0.29) is 0 Å². The van der Waals surface area contributed by atoms with Gasteiger partial charge >= 0.3 is 0 Å². The molecule has 0 bridgehead atoms. The van der Waals surface area contributed by atoms with Crippen LogP contribution in [0, 0.1) is 0 Å². The Morgan fingerprint density at radius 1 is 1.60 bits per heavy atom. The third-order valence-electron chi connectivity index (χ3n) is 2.42. The molecule has 0 N–H and O–H groups in total. The van der Waals surface area contributed by atoms with Crippen LogP contribution in [0.2, 0.25) is 0 Å². The lowest BCUT2D eigenvalue weighted by molar-refractivity contribution is 0.511. The van der Waals surface area contributed by atoms with E-state index in [4.69, 9.17) is 4.42 Å². The summed E-state index contributed by atoms with van der Waals surface area (Å²) in [6.07, 6.45) is 11.1.